The van der Waals surface area contributed by atoms with E-state index in [0.29, 0.717) is 10.0 Å². The highest BCUT2D eigenvalue weighted by Gasteiger charge is 2.16. The second-order valence-electron chi connectivity index (χ2n) is 1.92. The molecule has 5 N–H and O–H groups in total. The van der Waals surface area contributed by atoms with E-state index in [9.17, 15) is 4.79 Å². The van der Waals surface area contributed by atoms with Crippen molar-refractivity contribution in [2.75, 3.05) is 5.73 Å². The van der Waals surface area contributed by atoms with Crippen molar-refractivity contribution in [1.82, 2.24) is 4.98 Å². The van der Waals surface area contributed by atoms with Gasteiger partial charge < -0.3 is 16.6 Å². The predicted octanol–water partition coefficient (Wildman–Crippen LogP) is -0.190. The number of anilines is 1. The third-order valence-electron chi connectivity index (χ3n) is 1.11. The molecule has 0 aliphatic rings. The number of hydrogen-bond acceptors (Lipinski definition) is 5. The first-order chi connectivity index (χ1) is 5.11. The lowest BCUT2D eigenvalue weighted by atomic mass is 10.3. The summed E-state index contributed by atoms with van der Waals surface area (Å²) in [7, 11) is 0. The topological polar surface area (TPSA) is 102 Å². The minimum atomic E-state index is -1.08. The third kappa shape index (κ3) is 1.66. The van der Waals surface area contributed by atoms with Crippen LogP contribution in [0.4, 0.5) is 5.13 Å². The Morgan fingerprint density at radius 3 is 2.82 bits per heavy atom. The molecule has 6 heteroatoms. The second-order valence-corrected chi connectivity index (χ2v) is 3.01. The second kappa shape index (κ2) is 2.85. The molecule has 0 spiro atoms. The average Bonchev–Trinajstić information content (AvgIpc) is 2.34. The lowest BCUT2D eigenvalue weighted by Crippen LogP contribution is -2.19. The van der Waals surface area contributed by atoms with Crippen LogP contribution in [0.2, 0.25) is 0 Å². The van der Waals surface area contributed by atoms with E-state index in [2.05, 4.69) is 4.98 Å². The van der Waals surface area contributed by atoms with Crippen LogP contribution in [-0.2, 0) is 4.79 Å². The molecule has 0 aliphatic heterocycles. The number of carboxylic acid groups (broad SMARTS) is 1. The van der Waals surface area contributed by atoms with Crippen molar-refractivity contribution in [1.29, 1.82) is 0 Å². The number of nitrogens with zero attached hydrogens (tertiary/aromatic N) is 1. The van der Waals surface area contributed by atoms with Gasteiger partial charge in [0.15, 0.2) is 5.13 Å². The molecule has 5 nitrogen and oxygen atoms in total. The van der Waals surface area contributed by atoms with Crippen LogP contribution in [0.25, 0.3) is 0 Å². The van der Waals surface area contributed by atoms with Crippen LogP contribution in [0, 0.1) is 0 Å². The monoisotopic (exact) mass is 173 g/mol. The average molecular weight is 173 g/mol. The van der Waals surface area contributed by atoms with E-state index in [1.54, 1.807) is 0 Å². The Morgan fingerprint density at radius 2 is 2.45 bits per heavy atom. The SMILES string of the molecule is Nc1ncc([C@@H](N)C(=O)O)s1. The summed E-state index contributed by atoms with van der Waals surface area (Å²) in [6.45, 7) is 0. The van der Waals surface area contributed by atoms with Gasteiger partial charge in [0.1, 0.15) is 6.04 Å². The molecule has 0 aromatic carbocycles. The standard InChI is InChI=1S/C5H7N3O2S/c6-3(4(9)10)2-1-8-5(7)11-2/h1,3H,6H2,(H2,7,8)(H,9,10)/t3-/m1/s1. The van der Waals surface area contributed by atoms with Gasteiger partial charge in [-0.3, -0.25) is 4.79 Å². The van der Waals surface area contributed by atoms with Crippen LogP contribution in [-0.4, -0.2) is 16.1 Å². The van der Waals surface area contributed by atoms with Crippen molar-refractivity contribution in [2.24, 2.45) is 5.73 Å². The zero-order chi connectivity index (χ0) is 8.43. The number of rotatable bonds is 2. The molecule has 0 amide bonds. The first kappa shape index (κ1) is 7.96. The Kier molecular flexibility index (Phi) is 2.06. The summed E-state index contributed by atoms with van der Waals surface area (Å²) >= 11 is 1.08. The zero-order valence-electron chi connectivity index (χ0n) is 5.52. The van der Waals surface area contributed by atoms with Crippen molar-refractivity contribution in [2.45, 2.75) is 6.04 Å². The van der Waals surface area contributed by atoms with Gasteiger partial charge in [-0.05, 0) is 0 Å². The van der Waals surface area contributed by atoms with E-state index in [1.807, 2.05) is 0 Å². The minimum Gasteiger partial charge on any atom is -0.480 e. The fraction of sp³-hybridized carbons (Fsp3) is 0.200. The molecule has 0 fully saturated rings. The summed E-state index contributed by atoms with van der Waals surface area (Å²) in [6, 6.07) is -1.01. The summed E-state index contributed by atoms with van der Waals surface area (Å²) in [5.74, 6) is -1.08. The quantitative estimate of drug-likeness (QED) is 0.575. The largest absolute Gasteiger partial charge is 0.480 e. The van der Waals surface area contributed by atoms with Crippen molar-refractivity contribution >= 4 is 22.4 Å². The molecule has 0 radical (unpaired) electrons. The lowest BCUT2D eigenvalue weighted by Gasteiger charge is -1.99. The predicted molar refractivity (Wildman–Crippen MR) is 41.1 cm³/mol. The highest BCUT2D eigenvalue weighted by molar-refractivity contribution is 7.15. The smallest absolute Gasteiger partial charge is 0.326 e. The maximum atomic E-state index is 10.3. The molecular formula is C5H7N3O2S. The number of hydrogen-bond donors (Lipinski definition) is 3. The van der Waals surface area contributed by atoms with Crippen LogP contribution in [0.15, 0.2) is 6.20 Å². The summed E-state index contributed by atoms with van der Waals surface area (Å²) in [4.78, 5) is 14.5. The van der Waals surface area contributed by atoms with Crippen LogP contribution < -0.4 is 11.5 Å². The first-order valence-corrected chi connectivity index (χ1v) is 3.62. The van der Waals surface area contributed by atoms with Crippen LogP contribution in [0.5, 0.6) is 0 Å². The number of nitrogens with two attached hydrogens (primary N) is 2. The number of thiazole rings is 1. The van der Waals surface area contributed by atoms with E-state index in [-0.39, 0.29) is 0 Å². The Balaban J connectivity index is 2.84. The fourth-order valence-corrected chi connectivity index (χ4v) is 1.25. The zero-order valence-corrected chi connectivity index (χ0v) is 6.34. The number of aromatic nitrogens is 1. The maximum absolute atomic E-state index is 10.3. The van der Waals surface area contributed by atoms with Crippen LogP contribution in [0.3, 0.4) is 0 Å². The number of aliphatic carboxylic acids is 1. The van der Waals surface area contributed by atoms with E-state index >= 15 is 0 Å². The van der Waals surface area contributed by atoms with E-state index in [1.165, 1.54) is 6.20 Å². The van der Waals surface area contributed by atoms with Gasteiger partial charge in [-0.1, -0.05) is 0 Å². The molecular weight excluding hydrogens is 166 g/mol. The molecule has 1 aromatic rings. The molecule has 0 bridgehead atoms. The maximum Gasteiger partial charge on any atom is 0.326 e. The van der Waals surface area contributed by atoms with Gasteiger partial charge in [0.25, 0.3) is 0 Å². The normalized spacial score (nSPS) is 12.8. The lowest BCUT2D eigenvalue weighted by molar-refractivity contribution is -0.138. The minimum absolute atomic E-state index is 0.330. The molecule has 1 rings (SSSR count). The summed E-state index contributed by atoms with van der Waals surface area (Å²) < 4.78 is 0. The van der Waals surface area contributed by atoms with Gasteiger partial charge in [-0.25, -0.2) is 4.98 Å². The molecule has 1 aromatic heterocycles. The molecule has 0 aliphatic carbocycles. The number of carbonyl (C=O) groups is 1. The van der Waals surface area contributed by atoms with Crippen molar-refractivity contribution in [3.8, 4) is 0 Å². The molecule has 0 saturated heterocycles. The highest BCUT2D eigenvalue weighted by Crippen LogP contribution is 2.20. The van der Waals surface area contributed by atoms with Gasteiger partial charge in [0.05, 0.1) is 4.88 Å². The molecule has 1 atom stereocenters. The fourth-order valence-electron chi connectivity index (χ4n) is 0.566. The Bertz CT molecular complexity index is 272. The van der Waals surface area contributed by atoms with Gasteiger partial charge >= 0.3 is 5.97 Å². The van der Waals surface area contributed by atoms with Crippen LogP contribution in [0.1, 0.15) is 10.9 Å². The van der Waals surface area contributed by atoms with Crippen molar-refractivity contribution in [3.05, 3.63) is 11.1 Å². The molecule has 60 valence electrons. The third-order valence-corrected chi connectivity index (χ3v) is 2.02. The number of nitrogen functional groups attached to an aromatic ring is 1. The van der Waals surface area contributed by atoms with Crippen molar-refractivity contribution < 1.29 is 9.90 Å². The van der Waals surface area contributed by atoms with Crippen molar-refractivity contribution in [3.63, 3.8) is 0 Å². The highest BCUT2D eigenvalue weighted by atomic mass is 32.1. The molecule has 11 heavy (non-hydrogen) atoms. The molecule has 0 unspecified atom stereocenters. The van der Waals surface area contributed by atoms with Gasteiger partial charge in [0, 0.05) is 6.20 Å². The van der Waals surface area contributed by atoms with E-state index in [4.69, 9.17) is 16.6 Å². The van der Waals surface area contributed by atoms with E-state index in [0.717, 1.165) is 11.3 Å². The summed E-state index contributed by atoms with van der Waals surface area (Å²) in [5.41, 5.74) is 10.5. The Labute approximate surface area is 66.7 Å². The van der Waals surface area contributed by atoms with Gasteiger partial charge in [0.2, 0.25) is 0 Å². The van der Waals surface area contributed by atoms with Gasteiger partial charge in [-0.15, -0.1) is 11.3 Å². The van der Waals surface area contributed by atoms with Crippen LogP contribution >= 0.6 is 11.3 Å². The Hall–Kier alpha value is -1.14. The summed E-state index contributed by atoms with van der Waals surface area (Å²) in [6.07, 6.45) is 1.37. The number of carboxylic acids is 1. The van der Waals surface area contributed by atoms with E-state index < -0.39 is 12.0 Å². The molecule has 0 saturated carbocycles. The van der Waals surface area contributed by atoms with Gasteiger partial charge in [-0.2, -0.15) is 0 Å². The molecule has 1 heterocycles. The first-order valence-electron chi connectivity index (χ1n) is 2.81. The Morgan fingerprint density at radius 1 is 1.82 bits per heavy atom. The summed E-state index contributed by atoms with van der Waals surface area (Å²) in [5, 5.41) is 8.79.